The minimum Gasteiger partial charge on any atom is -0.337 e. The van der Waals surface area contributed by atoms with Gasteiger partial charge in [0.1, 0.15) is 4.90 Å². The Morgan fingerprint density at radius 1 is 1.43 bits per heavy atom. The summed E-state index contributed by atoms with van der Waals surface area (Å²) in [6.45, 7) is 3.19. The number of H-pyrrole nitrogens is 1. The van der Waals surface area contributed by atoms with Gasteiger partial charge < -0.3 is 4.90 Å². The second kappa shape index (κ2) is 6.09. The Morgan fingerprint density at radius 3 is 2.87 bits per heavy atom. The van der Waals surface area contributed by atoms with Crippen LogP contribution in [0.15, 0.2) is 23.2 Å². The Balaban J connectivity index is 1.82. The number of aromatic nitrogens is 2. The lowest BCUT2D eigenvalue weighted by Gasteiger charge is -2.32. The number of carbonyl (C=O) groups excluding carboxylic acids is 1. The predicted octanol–water partition coefficient (Wildman–Crippen LogP) is 2.20. The molecule has 0 bridgehead atoms. The maximum atomic E-state index is 12.6. The molecule has 0 radical (unpaired) electrons. The molecule has 2 aromatic heterocycles. The normalized spacial score (nSPS) is 19.0. The van der Waals surface area contributed by atoms with Crippen molar-refractivity contribution in [3.8, 4) is 0 Å². The number of hydrogen-bond acceptors (Lipinski definition) is 5. The summed E-state index contributed by atoms with van der Waals surface area (Å²) in [4.78, 5) is 16.5. The summed E-state index contributed by atoms with van der Waals surface area (Å²) in [5.74, 6) is -0.00537. The van der Waals surface area contributed by atoms with E-state index in [1.165, 1.54) is 23.8 Å². The highest BCUT2D eigenvalue weighted by Crippen LogP contribution is 2.31. The summed E-state index contributed by atoms with van der Waals surface area (Å²) < 4.78 is 23.7. The molecule has 0 spiro atoms. The monoisotopic (exact) mass is 353 g/mol. The number of nitrogens with zero attached hydrogens (tertiary/aromatic N) is 2. The van der Waals surface area contributed by atoms with E-state index in [-0.39, 0.29) is 16.7 Å². The quantitative estimate of drug-likeness (QED) is 0.917. The lowest BCUT2D eigenvalue weighted by molar-refractivity contribution is 0.0710. The standard InChI is InChI=1S/C15H19N3O3S2/c1-10-5-6-12(22-10)15(19)18-7-3-4-11(9-18)14-13(8-16-17-14)23(2,20)21/h5-6,8,11H,3-4,7,9H2,1-2H3,(H,16,17)/t11-/m1/s1. The molecule has 6 nitrogen and oxygen atoms in total. The first-order valence-corrected chi connectivity index (χ1v) is 10.2. The molecule has 1 N–H and O–H groups in total. The van der Waals surface area contributed by atoms with Gasteiger partial charge in [-0.1, -0.05) is 0 Å². The Kier molecular flexibility index (Phi) is 4.29. The molecule has 0 aromatic carbocycles. The number of sulfone groups is 1. The molecule has 23 heavy (non-hydrogen) atoms. The summed E-state index contributed by atoms with van der Waals surface area (Å²) in [7, 11) is -3.32. The molecule has 3 rings (SSSR count). The van der Waals surface area contributed by atoms with Crippen molar-refractivity contribution in [3.63, 3.8) is 0 Å². The molecule has 0 unspecified atom stereocenters. The number of aryl methyl sites for hydroxylation is 1. The maximum Gasteiger partial charge on any atom is 0.263 e. The average molecular weight is 353 g/mol. The summed E-state index contributed by atoms with van der Waals surface area (Å²) in [6.07, 6.45) is 4.23. The minimum absolute atomic E-state index is 0.0215. The zero-order valence-electron chi connectivity index (χ0n) is 13.1. The molecule has 8 heteroatoms. The molecular weight excluding hydrogens is 334 g/mol. The van der Waals surface area contributed by atoms with Gasteiger partial charge in [0.05, 0.1) is 16.8 Å². The third kappa shape index (κ3) is 3.32. The number of aromatic amines is 1. The zero-order valence-corrected chi connectivity index (χ0v) is 14.7. The van der Waals surface area contributed by atoms with E-state index in [9.17, 15) is 13.2 Å². The fraction of sp³-hybridized carbons (Fsp3) is 0.467. The number of piperidine rings is 1. The molecule has 1 saturated heterocycles. The molecule has 1 atom stereocenters. The summed E-state index contributed by atoms with van der Waals surface area (Å²) in [6, 6.07) is 3.79. The lowest BCUT2D eigenvalue weighted by Crippen LogP contribution is -2.39. The van der Waals surface area contributed by atoms with Crippen molar-refractivity contribution in [2.45, 2.75) is 30.6 Å². The fourth-order valence-corrected chi connectivity index (χ4v) is 4.67. The molecule has 0 aliphatic carbocycles. The van der Waals surface area contributed by atoms with Gasteiger partial charge in [-0.2, -0.15) is 5.10 Å². The number of nitrogens with one attached hydrogen (secondary N) is 1. The Bertz CT molecular complexity index is 823. The van der Waals surface area contributed by atoms with Gasteiger partial charge >= 0.3 is 0 Å². The number of hydrogen-bond donors (Lipinski definition) is 1. The SMILES string of the molecule is Cc1ccc(C(=O)N2CCC[C@@H](c3[nH]ncc3S(C)(=O)=O)C2)s1. The van der Waals surface area contributed by atoms with Crippen LogP contribution in [0.1, 0.15) is 39.0 Å². The average Bonchev–Trinajstić information content (AvgIpc) is 3.15. The highest BCUT2D eigenvalue weighted by molar-refractivity contribution is 7.90. The topological polar surface area (TPSA) is 83.1 Å². The smallest absolute Gasteiger partial charge is 0.263 e. The molecule has 1 aliphatic rings. The molecule has 1 aliphatic heterocycles. The first-order valence-electron chi connectivity index (χ1n) is 7.45. The van der Waals surface area contributed by atoms with Crippen molar-refractivity contribution in [2.75, 3.05) is 19.3 Å². The number of carbonyl (C=O) groups is 1. The summed E-state index contributed by atoms with van der Waals surface area (Å²) in [5, 5.41) is 6.71. The van der Waals surface area contributed by atoms with Crippen molar-refractivity contribution < 1.29 is 13.2 Å². The highest BCUT2D eigenvalue weighted by atomic mass is 32.2. The maximum absolute atomic E-state index is 12.6. The van der Waals surface area contributed by atoms with Crippen LogP contribution in [0.2, 0.25) is 0 Å². The van der Waals surface area contributed by atoms with Gasteiger partial charge in [0.2, 0.25) is 0 Å². The van der Waals surface area contributed by atoms with Crippen LogP contribution in [-0.2, 0) is 9.84 Å². The number of thiophene rings is 1. The van der Waals surface area contributed by atoms with Gasteiger partial charge in [0.25, 0.3) is 5.91 Å². The molecule has 3 heterocycles. The van der Waals surface area contributed by atoms with Crippen LogP contribution < -0.4 is 0 Å². The van der Waals surface area contributed by atoms with E-state index in [1.54, 1.807) is 0 Å². The first kappa shape index (κ1) is 16.2. The molecular formula is C15H19N3O3S2. The van der Waals surface area contributed by atoms with Gasteiger partial charge in [-0.25, -0.2) is 8.42 Å². The van der Waals surface area contributed by atoms with Crippen molar-refractivity contribution >= 4 is 27.1 Å². The van der Waals surface area contributed by atoms with Crippen LogP contribution in [0.3, 0.4) is 0 Å². The lowest BCUT2D eigenvalue weighted by atomic mass is 9.94. The van der Waals surface area contributed by atoms with Crippen LogP contribution in [0.5, 0.6) is 0 Å². The first-order chi connectivity index (χ1) is 10.9. The number of rotatable bonds is 3. The van der Waals surface area contributed by atoms with Crippen LogP contribution in [-0.4, -0.2) is 48.8 Å². The van der Waals surface area contributed by atoms with Gasteiger partial charge in [0.15, 0.2) is 9.84 Å². The molecule has 0 saturated carbocycles. The predicted molar refractivity (Wildman–Crippen MR) is 88.6 cm³/mol. The fourth-order valence-electron chi connectivity index (χ4n) is 2.98. The van der Waals surface area contributed by atoms with E-state index in [0.717, 1.165) is 22.6 Å². The molecule has 2 aromatic rings. The van der Waals surface area contributed by atoms with Gasteiger partial charge in [0, 0.05) is 30.1 Å². The van der Waals surface area contributed by atoms with Crippen molar-refractivity contribution in [1.29, 1.82) is 0 Å². The van der Waals surface area contributed by atoms with E-state index in [2.05, 4.69) is 10.2 Å². The van der Waals surface area contributed by atoms with Crippen molar-refractivity contribution in [1.82, 2.24) is 15.1 Å². The van der Waals surface area contributed by atoms with Crippen LogP contribution in [0.4, 0.5) is 0 Å². The third-order valence-corrected chi connectivity index (χ3v) is 6.21. The highest BCUT2D eigenvalue weighted by Gasteiger charge is 2.30. The Labute approximate surface area is 139 Å². The summed E-state index contributed by atoms with van der Waals surface area (Å²) >= 11 is 1.49. The number of amides is 1. The van der Waals surface area contributed by atoms with Crippen LogP contribution in [0.25, 0.3) is 0 Å². The third-order valence-electron chi connectivity index (χ3n) is 4.10. The summed E-state index contributed by atoms with van der Waals surface area (Å²) in [5.41, 5.74) is 0.618. The van der Waals surface area contributed by atoms with Crippen molar-refractivity contribution in [2.24, 2.45) is 0 Å². The Hall–Kier alpha value is -1.67. The molecule has 1 amide bonds. The van der Waals surface area contributed by atoms with Gasteiger partial charge in [-0.3, -0.25) is 9.89 Å². The van der Waals surface area contributed by atoms with Crippen LogP contribution in [0, 0.1) is 6.92 Å². The second-order valence-electron chi connectivity index (χ2n) is 5.92. The van der Waals surface area contributed by atoms with E-state index in [4.69, 9.17) is 0 Å². The Morgan fingerprint density at radius 2 is 2.22 bits per heavy atom. The van der Waals surface area contributed by atoms with Crippen molar-refractivity contribution in [3.05, 3.63) is 33.8 Å². The second-order valence-corrected chi connectivity index (χ2v) is 9.19. The van der Waals surface area contributed by atoms with E-state index in [0.29, 0.717) is 18.8 Å². The zero-order chi connectivity index (χ0) is 16.6. The molecule has 1 fully saturated rings. The van der Waals surface area contributed by atoms with E-state index in [1.807, 2.05) is 24.0 Å². The largest absolute Gasteiger partial charge is 0.337 e. The van der Waals surface area contributed by atoms with Gasteiger partial charge in [-0.05, 0) is 31.9 Å². The van der Waals surface area contributed by atoms with Gasteiger partial charge in [-0.15, -0.1) is 11.3 Å². The van der Waals surface area contributed by atoms with Crippen LogP contribution >= 0.6 is 11.3 Å². The minimum atomic E-state index is -3.32. The number of likely N-dealkylation sites (tertiary alicyclic amines) is 1. The van der Waals surface area contributed by atoms with E-state index >= 15 is 0 Å². The molecule has 124 valence electrons. The van der Waals surface area contributed by atoms with E-state index < -0.39 is 9.84 Å².